The minimum absolute atomic E-state index is 0.0185. The van der Waals surface area contributed by atoms with Crippen LogP contribution in [-0.4, -0.2) is 37.7 Å². The number of halogens is 2. The van der Waals surface area contributed by atoms with E-state index in [1.807, 2.05) is 0 Å². The van der Waals surface area contributed by atoms with E-state index in [-0.39, 0.29) is 16.7 Å². The molecule has 1 fully saturated rings. The molecule has 1 amide bonds. The van der Waals surface area contributed by atoms with E-state index in [2.05, 4.69) is 5.32 Å². The largest absolute Gasteiger partial charge is 0.452 e. The molecule has 114 valence electrons. The van der Waals surface area contributed by atoms with Crippen molar-refractivity contribution in [2.24, 2.45) is 0 Å². The summed E-state index contributed by atoms with van der Waals surface area (Å²) in [6.07, 6.45) is 1.92. The lowest BCUT2D eigenvalue weighted by Gasteiger charge is -2.11. The van der Waals surface area contributed by atoms with Crippen LogP contribution in [0.1, 0.15) is 23.2 Å². The van der Waals surface area contributed by atoms with Gasteiger partial charge in [-0.05, 0) is 31.0 Å². The normalized spacial score (nSPS) is 17.5. The van der Waals surface area contributed by atoms with Gasteiger partial charge in [-0.25, -0.2) is 9.18 Å². The summed E-state index contributed by atoms with van der Waals surface area (Å²) in [5, 5.41) is 2.57. The summed E-state index contributed by atoms with van der Waals surface area (Å²) in [6, 6.07) is 3.32. The van der Waals surface area contributed by atoms with E-state index in [1.54, 1.807) is 0 Å². The summed E-state index contributed by atoms with van der Waals surface area (Å²) >= 11 is 5.73. The molecule has 1 atom stereocenters. The smallest absolute Gasteiger partial charge is 0.340 e. The maximum Gasteiger partial charge on any atom is 0.340 e. The quantitative estimate of drug-likeness (QED) is 0.843. The predicted octanol–water partition coefficient (Wildman–Crippen LogP) is 1.93. The van der Waals surface area contributed by atoms with Crippen LogP contribution < -0.4 is 5.32 Å². The Morgan fingerprint density at radius 1 is 1.48 bits per heavy atom. The Bertz CT molecular complexity index is 532. The van der Waals surface area contributed by atoms with Crippen LogP contribution in [0.3, 0.4) is 0 Å². The fraction of sp³-hybridized carbons (Fsp3) is 0.429. The Kier molecular flexibility index (Phi) is 5.52. The first-order chi connectivity index (χ1) is 10.1. The topological polar surface area (TPSA) is 64.6 Å². The maximum absolute atomic E-state index is 12.9. The fourth-order valence-corrected chi connectivity index (χ4v) is 2.19. The number of amides is 1. The second-order valence-corrected chi connectivity index (χ2v) is 5.05. The summed E-state index contributed by atoms with van der Waals surface area (Å²) in [4.78, 5) is 23.2. The molecule has 1 heterocycles. The van der Waals surface area contributed by atoms with Gasteiger partial charge in [0.15, 0.2) is 6.61 Å². The average Bonchev–Trinajstić information content (AvgIpc) is 2.95. The molecular formula is C14H15ClFNO4. The maximum atomic E-state index is 12.9. The highest BCUT2D eigenvalue weighted by molar-refractivity contribution is 6.33. The molecule has 1 aliphatic rings. The fourth-order valence-electron chi connectivity index (χ4n) is 1.95. The standard InChI is InChI=1S/C14H15ClFNO4/c15-12-6-9(16)3-4-11(12)14(19)21-8-13(18)17-7-10-2-1-5-20-10/h3-4,6,10H,1-2,5,7-8H2,(H,17,18)/t10-/m1/s1. The number of hydrogen-bond acceptors (Lipinski definition) is 4. The number of benzene rings is 1. The number of carbonyl (C=O) groups excluding carboxylic acids is 2. The van der Waals surface area contributed by atoms with Crippen LogP contribution in [0.2, 0.25) is 5.02 Å². The Balaban J connectivity index is 1.76. The summed E-state index contributed by atoms with van der Waals surface area (Å²) in [5.41, 5.74) is 0.0185. The lowest BCUT2D eigenvalue weighted by Crippen LogP contribution is -2.34. The Hall–Kier alpha value is -1.66. The van der Waals surface area contributed by atoms with Crippen LogP contribution in [-0.2, 0) is 14.3 Å². The van der Waals surface area contributed by atoms with Crippen molar-refractivity contribution < 1.29 is 23.5 Å². The van der Waals surface area contributed by atoms with Crippen molar-refractivity contribution in [1.82, 2.24) is 5.32 Å². The van der Waals surface area contributed by atoms with Crippen LogP contribution in [0, 0.1) is 5.82 Å². The van der Waals surface area contributed by atoms with E-state index in [1.165, 1.54) is 6.07 Å². The zero-order chi connectivity index (χ0) is 15.2. The monoisotopic (exact) mass is 315 g/mol. The number of esters is 1. The van der Waals surface area contributed by atoms with E-state index < -0.39 is 24.3 Å². The second-order valence-electron chi connectivity index (χ2n) is 4.64. The number of carbonyl (C=O) groups is 2. The van der Waals surface area contributed by atoms with Gasteiger partial charge in [0.05, 0.1) is 16.7 Å². The molecule has 7 heteroatoms. The van der Waals surface area contributed by atoms with Gasteiger partial charge in [0.2, 0.25) is 0 Å². The highest BCUT2D eigenvalue weighted by atomic mass is 35.5. The molecule has 1 aliphatic heterocycles. The summed E-state index contributed by atoms with van der Waals surface area (Å²) in [6.45, 7) is 0.686. The summed E-state index contributed by atoms with van der Waals surface area (Å²) in [5.74, 6) is -1.74. The molecule has 0 bridgehead atoms. The molecule has 1 saturated heterocycles. The van der Waals surface area contributed by atoms with Gasteiger partial charge < -0.3 is 14.8 Å². The van der Waals surface area contributed by atoms with Gasteiger partial charge in [0.25, 0.3) is 5.91 Å². The Morgan fingerprint density at radius 3 is 2.95 bits per heavy atom. The van der Waals surface area contributed by atoms with Gasteiger partial charge in [-0.1, -0.05) is 11.6 Å². The molecule has 0 aromatic heterocycles. The van der Waals surface area contributed by atoms with Crippen molar-refractivity contribution in [2.75, 3.05) is 19.8 Å². The van der Waals surface area contributed by atoms with E-state index in [0.717, 1.165) is 25.0 Å². The molecule has 0 unspecified atom stereocenters. The summed E-state index contributed by atoms with van der Waals surface area (Å²) < 4.78 is 23.0. The third-order valence-corrected chi connectivity index (χ3v) is 3.35. The van der Waals surface area contributed by atoms with Crippen LogP contribution in [0.5, 0.6) is 0 Å². The number of rotatable bonds is 5. The van der Waals surface area contributed by atoms with Crippen molar-refractivity contribution in [3.05, 3.63) is 34.6 Å². The third-order valence-electron chi connectivity index (χ3n) is 3.04. The first kappa shape index (κ1) is 15.7. The predicted molar refractivity (Wildman–Crippen MR) is 73.7 cm³/mol. The highest BCUT2D eigenvalue weighted by Gasteiger charge is 2.17. The van der Waals surface area contributed by atoms with Crippen LogP contribution >= 0.6 is 11.6 Å². The lowest BCUT2D eigenvalue weighted by molar-refractivity contribution is -0.124. The van der Waals surface area contributed by atoms with E-state index in [4.69, 9.17) is 21.1 Å². The minimum atomic E-state index is -0.771. The van der Waals surface area contributed by atoms with Crippen molar-refractivity contribution >= 4 is 23.5 Å². The van der Waals surface area contributed by atoms with Gasteiger partial charge >= 0.3 is 5.97 Å². The van der Waals surface area contributed by atoms with Crippen molar-refractivity contribution in [1.29, 1.82) is 0 Å². The lowest BCUT2D eigenvalue weighted by atomic mass is 10.2. The summed E-state index contributed by atoms with van der Waals surface area (Å²) in [7, 11) is 0. The van der Waals surface area contributed by atoms with Crippen molar-refractivity contribution in [3.63, 3.8) is 0 Å². The molecule has 0 aliphatic carbocycles. The Labute approximate surface area is 126 Å². The van der Waals surface area contributed by atoms with Gasteiger partial charge in [0, 0.05) is 13.2 Å². The zero-order valence-corrected chi connectivity index (χ0v) is 12.0. The second kappa shape index (κ2) is 7.38. The van der Waals surface area contributed by atoms with Gasteiger partial charge in [-0.3, -0.25) is 4.79 Å². The van der Waals surface area contributed by atoms with Gasteiger partial charge in [-0.15, -0.1) is 0 Å². The van der Waals surface area contributed by atoms with Crippen molar-refractivity contribution in [2.45, 2.75) is 18.9 Å². The molecule has 21 heavy (non-hydrogen) atoms. The van der Waals surface area contributed by atoms with Gasteiger partial charge in [-0.2, -0.15) is 0 Å². The van der Waals surface area contributed by atoms with Crippen LogP contribution in [0.15, 0.2) is 18.2 Å². The number of ether oxygens (including phenoxy) is 2. The molecule has 2 rings (SSSR count). The minimum Gasteiger partial charge on any atom is -0.452 e. The van der Waals surface area contributed by atoms with Gasteiger partial charge in [0.1, 0.15) is 5.82 Å². The third kappa shape index (κ3) is 4.68. The first-order valence-corrected chi connectivity index (χ1v) is 6.94. The molecule has 0 radical (unpaired) electrons. The molecule has 1 aromatic rings. The van der Waals surface area contributed by atoms with Crippen molar-refractivity contribution in [3.8, 4) is 0 Å². The molecule has 1 aromatic carbocycles. The van der Waals surface area contributed by atoms with Crippen LogP contribution in [0.4, 0.5) is 4.39 Å². The van der Waals surface area contributed by atoms with E-state index in [0.29, 0.717) is 13.2 Å². The van der Waals surface area contributed by atoms with Crippen LogP contribution in [0.25, 0.3) is 0 Å². The molecular weight excluding hydrogens is 301 g/mol. The SMILES string of the molecule is O=C(COC(=O)c1ccc(F)cc1Cl)NC[C@H]1CCCO1. The zero-order valence-electron chi connectivity index (χ0n) is 11.2. The van der Waals surface area contributed by atoms with E-state index >= 15 is 0 Å². The Morgan fingerprint density at radius 2 is 2.29 bits per heavy atom. The average molecular weight is 316 g/mol. The number of nitrogens with one attached hydrogen (secondary N) is 1. The molecule has 5 nitrogen and oxygen atoms in total. The molecule has 0 spiro atoms. The first-order valence-electron chi connectivity index (χ1n) is 6.57. The van der Waals surface area contributed by atoms with E-state index in [9.17, 15) is 14.0 Å². The molecule has 1 N–H and O–H groups in total. The number of hydrogen-bond donors (Lipinski definition) is 1. The molecule has 0 saturated carbocycles. The highest BCUT2D eigenvalue weighted by Crippen LogP contribution is 2.18.